The first-order chi connectivity index (χ1) is 9.54. The summed E-state index contributed by atoms with van der Waals surface area (Å²) in [4.78, 5) is 2.29. The molecule has 1 aromatic rings. The van der Waals surface area contributed by atoms with Crippen molar-refractivity contribution in [2.75, 3.05) is 19.6 Å². The Morgan fingerprint density at radius 1 is 1.15 bits per heavy atom. The molecule has 1 fully saturated rings. The van der Waals surface area contributed by atoms with Crippen LogP contribution in [-0.2, 0) is 6.54 Å². The van der Waals surface area contributed by atoms with Gasteiger partial charge in [-0.3, -0.25) is 4.90 Å². The van der Waals surface area contributed by atoms with Gasteiger partial charge >= 0.3 is 6.18 Å². The molecule has 0 spiro atoms. The third-order valence-electron chi connectivity index (χ3n) is 3.68. The maximum Gasteiger partial charge on any atom is 0.401 e. The van der Waals surface area contributed by atoms with Crippen LogP contribution in [-0.4, -0.2) is 36.8 Å². The van der Waals surface area contributed by atoms with E-state index in [1.807, 2.05) is 18.2 Å². The van der Waals surface area contributed by atoms with Gasteiger partial charge in [-0.05, 0) is 24.9 Å². The topological polar surface area (TPSA) is 15.3 Å². The van der Waals surface area contributed by atoms with Crippen molar-refractivity contribution < 1.29 is 13.2 Å². The molecule has 1 aliphatic heterocycles. The number of nitrogens with zero attached hydrogens (tertiary/aromatic N) is 1. The summed E-state index contributed by atoms with van der Waals surface area (Å²) in [5, 5.41) is 2.54. The van der Waals surface area contributed by atoms with Gasteiger partial charge in [0.2, 0.25) is 0 Å². The third-order valence-corrected chi connectivity index (χ3v) is 3.68. The molecular weight excluding hydrogens is 265 g/mol. The zero-order valence-electron chi connectivity index (χ0n) is 11.5. The van der Waals surface area contributed by atoms with Crippen molar-refractivity contribution in [3.63, 3.8) is 0 Å². The van der Waals surface area contributed by atoms with Gasteiger partial charge in [0.15, 0.2) is 0 Å². The quantitative estimate of drug-likeness (QED) is 0.894. The molecule has 5 heteroatoms. The predicted molar refractivity (Wildman–Crippen MR) is 73.4 cm³/mol. The molecule has 0 radical (unpaired) electrons. The Labute approximate surface area is 118 Å². The van der Waals surface area contributed by atoms with Gasteiger partial charge in [0, 0.05) is 19.1 Å². The lowest BCUT2D eigenvalue weighted by Crippen LogP contribution is -2.46. The van der Waals surface area contributed by atoms with E-state index in [4.69, 9.17) is 0 Å². The molecule has 2 nitrogen and oxygen atoms in total. The first-order valence-corrected chi connectivity index (χ1v) is 7.10. The number of alkyl halides is 3. The van der Waals surface area contributed by atoms with E-state index >= 15 is 0 Å². The van der Waals surface area contributed by atoms with Crippen molar-refractivity contribution in [3.8, 4) is 0 Å². The molecule has 2 rings (SSSR count). The summed E-state index contributed by atoms with van der Waals surface area (Å²) in [6, 6.07) is 10.3. The van der Waals surface area contributed by atoms with Crippen molar-refractivity contribution in [1.82, 2.24) is 10.2 Å². The summed E-state index contributed by atoms with van der Waals surface area (Å²) >= 11 is 0. The fourth-order valence-electron chi connectivity index (χ4n) is 2.70. The second kappa shape index (κ2) is 7.09. The molecule has 1 N–H and O–H groups in total. The zero-order valence-corrected chi connectivity index (χ0v) is 11.5. The summed E-state index contributed by atoms with van der Waals surface area (Å²) in [6.07, 6.45) is -0.928. The minimum Gasteiger partial charge on any atom is -0.307 e. The van der Waals surface area contributed by atoms with Crippen LogP contribution < -0.4 is 5.32 Å². The second-order valence-corrected chi connectivity index (χ2v) is 5.35. The van der Waals surface area contributed by atoms with Crippen LogP contribution in [0.3, 0.4) is 0 Å². The number of nitrogens with one attached hydrogen (secondary N) is 1. The van der Waals surface area contributed by atoms with E-state index in [-0.39, 0.29) is 6.04 Å². The molecule has 0 amide bonds. The van der Waals surface area contributed by atoms with Gasteiger partial charge in [-0.2, -0.15) is 13.2 Å². The van der Waals surface area contributed by atoms with Gasteiger partial charge in [-0.15, -0.1) is 0 Å². The summed E-state index contributed by atoms with van der Waals surface area (Å²) in [5.41, 5.74) is 1.22. The molecule has 0 aromatic heterocycles. The Kier molecular flexibility index (Phi) is 5.43. The van der Waals surface area contributed by atoms with Crippen LogP contribution in [0.5, 0.6) is 0 Å². The van der Waals surface area contributed by atoms with Gasteiger partial charge < -0.3 is 5.32 Å². The van der Waals surface area contributed by atoms with Crippen LogP contribution in [0.15, 0.2) is 30.3 Å². The van der Waals surface area contributed by atoms with Gasteiger partial charge in [-0.25, -0.2) is 0 Å². The zero-order chi connectivity index (χ0) is 14.4. The van der Waals surface area contributed by atoms with E-state index in [1.54, 1.807) is 0 Å². The summed E-state index contributed by atoms with van der Waals surface area (Å²) in [7, 11) is 0. The molecule has 1 heterocycles. The lowest BCUT2D eigenvalue weighted by atomic mass is 10.0. The summed E-state index contributed by atoms with van der Waals surface area (Å²) in [6.45, 7) is 1.29. The first kappa shape index (κ1) is 15.3. The maximum absolute atomic E-state index is 12.2. The Balaban J connectivity index is 1.85. The maximum atomic E-state index is 12.2. The minimum absolute atomic E-state index is 0.200. The lowest BCUT2D eigenvalue weighted by molar-refractivity contribution is -0.125. The number of likely N-dealkylation sites (tertiary alicyclic amines) is 1. The van der Waals surface area contributed by atoms with Gasteiger partial charge in [0.05, 0.1) is 6.54 Å². The molecule has 1 unspecified atom stereocenters. The van der Waals surface area contributed by atoms with Crippen molar-refractivity contribution in [1.29, 1.82) is 0 Å². The van der Waals surface area contributed by atoms with Crippen LogP contribution >= 0.6 is 0 Å². The van der Waals surface area contributed by atoms with Crippen molar-refractivity contribution in [3.05, 3.63) is 35.9 Å². The minimum atomic E-state index is -4.13. The highest BCUT2D eigenvalue weighted by Gasteiger charge is 2.28. The van der Waals surface area contributed by atoms with E-state index < -0.39 is 12.7 Å². The Bertz CT molecular complexity index is 392. The number of hydrogen-bond acceptors (Lipinski definition) is 2. The van der Waals surface area contributed by atoms with Gasteiger partial charge in [-0.1, -0.05) is 36.8 Å². The van der Waals surface area contributed by atoms with Crippen LogP contribution in [0.25, 0.3) is 0 Å². The average Bonchev–Trinajstić information content (AvgIpc) is 2.40. The second-order valence-electron chi connectivity index (χ2n) is 5.35. The smallest absolute Gasteiger partial charge is 0.307 e. The van der Waals surface area contributed by atoms with Gasteiger partial charge in [0.25, 0.3) is 0 Å². The van der Waals surface area contributed by atoms with Crippen molar-refractivity contribution in [2.24, 2.45) is 0 Å². The predicted octanol–water partition coefficient (Wildman–Crippen LogP) is 3.19. The van der Waals surface area contributed by atoms with Crippen molar-refractivity contribution in [2.45, 2.75) is 38.0 Å². The van der Waals surface area contributed by atoms with E-state index in [0.29, 0.717) is 6.54 Å². The largest absolute Gasteiger partial charge is 0.401 e. The normalized spacial score (nSPS) is 21.1. The molecule has 0 aliphatic carbocycles. The summed E-state index contributed by atoms with van der Waals surface area (Å²) in [5.74, 6) is 0. The van der Waals surface area contributed by atoms with Crippen LogP contribution in [0.2, 0.25) is 0 Å². The van der Waals surface area contributed by atoms with E-state index in [1.165, 1.54) is 5.56 Å². The third kappa shape index (κ3) is 5.13. The molecular formula is C15H21F3N2. The molecule has 1 saturated heterocycles. The summed E-state index contributed by atoms with van der Waals surface area (Å²) < 4.78 is 36.5. The number of rotatable bonds is 5. The average molecular weight is 286 g/mol. The van der Waals surface area contributed by atoms with Crippen LogP contribution in [0.4, 0.5) is 13.2 Å². The lowest BCUT2D eigenvalue weighted by Gasteiger charge is -2.36. The van der Waals surface area contributed by atoms with E-state index in [0.717, 1.165) is 32.4 Å². The molecule has 1 atom stereocenters. The fraction of sp³-hybridized carbons (Fsp3) is 0.600. The highest BCUT2D eigenvalue weighted by Crippen LogP contribution is 2.20. The Morgan fingerprint density at radius 2 is 1.90 bits per heavy atom. The fourth-order valence-corrected chi connectivity index (χ4v) is 2.70. The first-order valence-electron chi connectivity index (χ1n) is 7.10. The number of halogens is 3. The molecule has 112 valence electrons. The highest BCUT2D eigenvalue weighted by molar-refractivity contribution is 5.14. The van der Waals surface area contributed by atoms with E-state index in [9.17, 15) is 13.2 Å². The van der Waals surface area contributed by atoms with Crippen molar-refractivity contribution >= 4 is 0 Å². The SMILES string of the molecule is FC(F)(F)CNCC1CCCCN1Cc1ccccc1. The number of benzene rings is 1. The standard InChI is InChI=1S/C15H21F3N2/c16-15(17,18)12-19-10-14-8-4-5-9-20(14)11-13-6-2-1-3-7-13/h1-3,6-7,14,19H,4-5,8-12H2. The molecule has 1 aromatic carbocycles. The number of hydrogen-bond donors (Lipinski definition) is 1. The highest BCUT2D eigenvalue weighted by atomic mass is 19.4. The van der Waals surface area contributed by atoms with E-state index in [2.05, 4.69) is 22.3 Å². The van der Waals surface area contributed by atoms with Crippen LogP contribution in [0.1, 0.15) is 24.8 Å². The Morgan fingerprint density at radius 3 is 2.60 bits per heavy atom. The molecule has 0 saturated carbocycles. The number of piperidine rings is 1. The molecule has 0 bridgehead atoms. The molecule has 1 aliphatic rings. The monoisotopic (exact) mass is 286 g/mol. The Hall–Kier alpha value is -1.07. The van der Waals surface area contributed by atoms with Gasteiger partial charge in [0.1, 0.15) is 0 Å². The molecule has 20 heavy (non-hydrogen) atoms. The van der Waals surface area contributed by atoms with Crippen LogP contribution in [0, 0.1) is 0 Å².